The first-order valence-corrected chi connectivity index (χ1v) is 14.2. The maximum absolute atomic E-state index is 13.8. The number of nitrogens with one attached hydrogen (secondary N) is 1. The molecule has 0 spiro atoms. The van der Waals surface area contributed by atoms with Crippen LogP contribution in [0.3, 0.4) is 0 Å². The van der Waals surface area contributed by atoms with Gasteiger partial charge in [-0.25, -0.2) is 13.8 Å². The van der Waals surface area contributed by atoms with Crippen LogP contribution in [-0.2, 0) is 11.3 Å². The lowest BCUT2D eigenvalue weighted by molar-refractivity contribution is -0.122. The first kappa shape index (κ1) is 26.8. The van der Waals surface area contributed by atoms with Crippen LogP contribution in [0.5, 0.6) is 0 Å². The fraction of sp³-hybridized carbons (Fsp3) is 0.206. The van der Waals surface area contributed by atoms with E-state index in [2.05, 4.69) is 10.3 Å². The Hall–Kier alpha value is -5.05. The van der Waals surface area contributed by atoms with Crippen molar-refractivity contribution in [1.82, 2.24) is 15.2 Å². The third-order valence-electron chi connectivity index (χ3n) is 8.21. The van der Waals surface area contributed by atoms with E-state index in [-0.39, 0.29) is 49.1 Å². The van der Waals surface area contributed by atoms with Gasteiger partial charge < -0.3 is 20.4 Å². The van der Waals surface area contributed by atoms with E-state index in [9.17, 15) is 18.4 Å². The number of carbonyl (C=O) groups excluding carboxylic acids is 2. The molecule has 7 rings (SSSR count). The molecule has 3 N–H and O–H groups in total. The van der Waals surface area contributed by atoms with Crippen molar-refractivity contribution in [3.05, 3.63) is 108 Å². The van der Waals surface area contributed by atoms with E-state index in [1.165, 1.54) is 17.0 Å². The monoisotopic (exact) mass is 578 g/mol. The highest BCUT2D eigenvalue weighted by molar-refractivity contribution is 5.98. The zero-order chi connectivity index (χ0) is 29.7. The second-order valence-corrected chi connectivity index (χ2v) is 11.2. The molecule has 216 valence electrons. The summed E-state index contributed by atoms with van der Waals surface area (Å²) in [5.74, 6) is 0.481. The number of hydrogen-bond acceptors (Lipinski definition) is 5. The Morgan fingerprint density at radius 1 is 0.953 bits per heavy atom. The highest BCUT2D eigenvalue weighted by atomic mass is 19.1. The summed E-state index contributed by atoms with van der Waals surface area (Å²) in [6.45, 7) is 0.480. The van der Waals surface area contributed by atoms with E-state index >= 15 is 0 Å². The quantitative estimate of drug-likeness (QED) is 0.243. The predicted molar refractivity (Wildman–Crippen MR) is 159 cm³/mol. The topological polar surface area (TPSA) is 101 Å². The molecule has 2 fully saturated rings. The van der Waals surface area contributed by atoms with E-state index in [0.717, 1.165) is 39.6 Å². The molecule has 3 heterocycles. The Labute approximate surface area is 246 Å². The molecule has 1 saturated heterocycles. The molecule has 2 atom stereocenters. The zero-order valence-corrected chi connectivity index (χ0v) is 23.1. The van der Waals surface area contributed by atoms with Crippen molar-refractivity contribution in [3.63, 3.8) is 0 Å². The van der Waals surface area contributed by atoms with Gasteiger partial charge in [0.2, 0.25) is 5.91 Å². The standard InChI is InChI=1S/C34H28F2N4O3/c35-25-8-5-20(6-9-25)29-13-23(19-1-3-21(4-2-19)34(42)40-17-26(36)18-40)11-24-12-27(43-32(24)29)16-39-33(41)30-14-28(30)22-7-10-31(37)38-15-22/h1-13,15,26,28,30H,14,16-18H2,(H2,37,38)(H,39,41)/t28-,30+/m1/s1. The number of carbonyl (C=O) groups is 2. The van der Waals surface area contributed by atoms with E-state index in [4.69, 9.17) is 10.2 Å². The van der Waals surface area contributed by atoms with Gasteiger partial charge in [0.15, 0.2) is 0 Å². The lowest BCUT2D eigenvalue weighted by Gasteiger charge is -2.34. The Balaban J connectivity index is 1.14. The fourth-order valence-electron chi connectivity index (χ4n) is 5.68. The molecule has 0 radical (unpaired) electrons. The summed E-state index contributed by atoms with van der Waals surface area (Å²) in [5, 5.41) is 3.82. The number of anilines is 1. The maximum Gasteiger partial charge on any atom is 0.254 e. The number of fused-ring (bicyclic) bond motifs is 1. The summed E-state index contributed by atoms with van der Waals surface area (Å²) < 4.78 is 33.2. The van der Waals surface area contributed by atoms with Gasteiger partial charge in [0.25, 0.3) is 5.91 Å². The van der Waals surface area contributed by atoms with Crippen molar-refractivity contribution in [3.8, 4) is 22.3 Å². The van der Waals surface area contributed by atoms with Gasteiger partial charge in [-0.05, 0) is 83.1 Å². The average molecular weight is 579 g/mol. The van der Waals surface area contributed by atoms with Crippen molar-refractivity contribution in [2.24, 2.45) is 5.92 Å². The fourth-order valence-corrected chi connectivity index (χ4v) is 5.68. The van der Waals surface area contributed by atoms with Crippen LogP contribution in [0.25, 0.3) is 33.2 Å². The number of aromatic nitrogens is 1. The van der Waals surface area contributed by atoms with E-state index in [1.807, 2.05) is 36.4 Å². The smallest absolute Gasteiger partial charge is 0.254 e. The average Bonchev–Trinajstić information content (AvgIpc) is 3.70. The van der Waals surface area contributed by atoms with Crippen LogP contribution >= 0.6 is 0 Å². The largest absolute Gasteiger partial charge is 0.459 e. The highest BCUT2D eigenvalue weighted by Crippen LogP contribution is 2.47. The zero-order valence-electron chi connectivity index (χ0n) is 23.1. The van der Waals surface area contributed by atoms with Crippen LogP contribution in [0.15, 0.2) is 89.5 Å². The molecule has 1 saturated carbocycles. The van der Waals surface area contributed by atoms with Crippen LogP contribution in [0, 0.1) is 11.7 Å². The van der Waals surface area contributed by atoms with E-state index in [0.29, 0.717) is 22.7 Å². The minimum Gasteiger partial charge on any atom is -0.459 e. The van der Waals surface area contributed by atoms with Gasteiger partial charge in [-0.3, -0.25) is 9.59 Å². The molecule has 9 heteroatoms. The Morgan fingerprint density at radius 3 is 2.40 bits per heavy atom. The molecular weight excluding hydrogens is 550 g/mol. The van der Waals surface area contributed by atoms with Crippen LogP contribution in [0.2, 0.25) is 0 Å². The summed E-state index contributed by atoms with van der Waals surface area (Å²) in [5.41, 5.74) is 11.1. The molecule has 1 aliphatic carbocycles. The molecule has 3 aromatic carbocycles. The molecule has 2 aromatic heterocycles. The Kier molecular flexibility index (Phi) is 6.65. The Bertz CT molecular complexity index is 1830. The lowest BCUT2D eigenvalue weighted by atomic mass is 9.96. The highest BCUT2D eigenvalue weighted by Gasteiger charge is 2.44. The maximum atomic E-state index is 13.8. The van der Waals surface area contributed by atoms with Gasteiger partial charge in [-0.1, -0.05) is 30.3 Å². The van der Waals surface area contributed by atoms with Gasteiger partial charge in [-0.2, -0.15) is 0 Å². The third-order valence-corrected chi connectivity index (χ3v) is 8.21. The molecule has 1 aliphatic heterocycles. The normalized spacial score (nSPS) is 18.0. The molecule has 5 aromatic rings. The van der Waals surface area contributed by atoms with Gasteiger partial charge in [0.05, 0.1) is 19.6 Å². The molecule has 2 amide bonds. The molecule has 43 heavy (non-hydrogen) atoms. The van der Waals surface area contributed by atoms with Crippen molar-refractivity contribution in [1.29, 1.82) is 0 Å². The van der Waals surface area contributed by atoms with Crippen molar-refractivity contribution in [2.75, 3.05) is 18.8 Å². The van der Waals surface area contributed by atoms with Crippen LogP contribution < -0.4 is 11.1 Å². The van der Waals surface area contributed by atoms with Crippen LogP contribution in [0.4, 0.5) is 14.6 Å². The number of likely N-dealkylation sites (tertiary alicyclic amines) is 1. The van der Waals surface area contributed by atoms with Crippen molar-refractivity contribution >= 4 is 28.6 Å². The number of pyridine rings is 1. The molecule has 0 bridgehead atoms. The number of nitrogens with zero attached hydrogens (tertiary/aromatic N) is 2. The number of halogens is 2. The van der Waals surface area contributed by atoms with Crippen LogP contribution in [-0.4, -0.2) is 41.0 Å². The van der Waals surface area contributed by atoms with Gasteiger partial charge in [-0.15, -0.1) is 0 Å². The SMILES string of the molecule is Nc1ccc([C@H]2C[C@@H]2C(=O)NCc2cc3cc(-c4ccc(C(=O)N5CC(F)C5)cc4)cc(-c4ccc(F)cc4)c3o2)cn1. The first-order chi connectivity index (χ1) is 20.8. The number of rotatable bonds is 7. The number of furan rings is 1. The number of alkyl halides is 1. The molecule has 7 nitrogen and oxygen atoms in total. The van der Waals surface area contributed by atoms with E-state index in [1.54, 1.807) is 36.5 Å². The number of nitrogens with two attached hydrogens (primary N) is 1. The minimum absolute atomic E-state index is 0.0448. The summed E-state index contributed by atoms with van der Waals surface area (Å²) in [6, 6.07) is 22.9. The van der Waals surface area contributed by atoms with Gasteiger partial charge >= 0.3 is 0 Å². The van der Waals surface area contributed by atoms with Crippen molar-refractivity contribution < 1.29 is 22.8 Å². The summed E-state index contributed by atoms with van der Waals surface area (Å²) in [4.78, 5) is 31.1. The molecule has 0 unspecified atom stereocenters. The van der Waals surface area contributed by atoms with Crippen LogP contribution in [0.1, 0.15) is 34.0 Å². The number of nitrogen functional groups attached to an aromatic ring is 1. The lowest BCUT2D eigenvalue weighted by Crippen LogP contribution is -2.51. The molecular formula is C34H28F2N4O3. The van der Waals surface area contributed by atoms with Crippen molar-refractivity contribution in [2.45, 2.75) is 25.1 Å². The number of amides is 2. The second-order valence-electron chi connectivity index (χ2n) is 11.2. The third kappa shape index (κ3) is 5.34. The Morgan fingerprint density at radius 2 is 1.70 bits per heavy atom. The van der Waals surface area contributed by atoms with Gasteiger partial charge in [0, 0.05) is 28.6 Å². The molecule has 2 aliphatic rings. The first-order valence-electron chi connectivity index (χ1n) is 14.2. The van der Waals surface area contributed by atoms with Gasteiger partial charge in [0.1, 0.15) is 29.2 Å². The second kappa shape index (κ2) is 10.7. The summed E-state index contributed by atoms with van der Waals surface area (Å²) in [6.07, 6.45) is 1.53. The predicted octanol–water partition coefficient (Wildman–Crippen LogP) is 6.10. The minimum atomic E-state index is -0.953. The number of benzene rings is 3. The summed E-state index contributed by atoms with van der Waals surface area (Å²) >= 11 is 0. The number of hydrogen-bond donors (Lipinski definition) is 2. The van der Waals surface area contributed by atoms with E-state index < -0.39 is 6.17 Å². The summed E-state index contributed by atoms with van der Waals surface area (Å²) in [7, 11) is 0.